The van der Waals surface area contributed by atoms with Crippen LogP contribution in [-0.4, -0.2) is 37.8 Å². The predicted molar refractivity (Wildman–Crippen MR) is 102 cm³/mol. The summed E-state index contributed by atoms with van der Waals surface area (Å²) in [5, 5.41) is 25.3. The quantitative estimate of drug-likeness (QED) is 0.492. The SMILES string of the molecule is C[C@@H](CO)Nc1nc(Nc2ccc(O)cc2Cl)cc(-c2ccccn2)n1. The fourth-order valence-electron chi connectivity index (χ4n) is 2.23. The third-order valence-electron chi connectivity index (χ3n) is 3.52. The Kier molecular flexibility index (Phi) is 5.50. The molecule has 3 rings (SSSR count). The van der Waals surface area contributed by atoms with Gasteiger partial charge >= 0.3 is 0 Å². The van der Waals surface area contributed by atoms with Crippen molar-refractivity contribution in [1.82, 2.24) is 15.0 Å². The van der Waals surface area contributed by atoms with Crippen LogP contribution in [0.2, 0.25) is 5.02 Å². The number of aliphatic hydroxyl groups excluding tert-OH is 1. The molecule has 0 amide bonds. The lowest BCUT2D eigenvalue weighted by Crippen LogP contribution is -2.21. The smallest absolute Gasteiger partial charge is 0.225 e. The van der Waals surface area contributed by atoms with Gasteiger partial charge in [0.15, 0.2) is 0 Å². The summed E-state index contributed by atoms with van der Waals surface area (Å²) in [5.74, 6) is 0.935. The van der Waals surface area contributed by atoms with Crippen LogP contribution in [0.4, 0.5) is 17.5 Å². The molecule has 0 aliphatic carbocycles. The summed E-state index contributed by atoms with van der Waals surface area (Å²) in [7, 11) is 0. The van der Waals surface area contributed by atoms with Gasteiger partial charge in [-0.2, -0.15) is 4.98 Å². The number of phenolic OH excluding ortho intramolecular Hbond substituents is 1. The van der Waals surface area contributed by atoms with Crippen molar-refractivity contribution in [2.45, 2.75) is 13.0 Å². The number of aliphatic hydroxyl groups is 1. The molecule has 2 aromatic heterocycles. The topological polar surface area (TPSA) is 103 Å². The molecule has 3 aromatic rings. The maximum atomic E-state index is 9.49. The minimum atomic E-state index is -0.209. The fourth-order valence-corrected chi connectivity index (χ4v) is 2.45. The Morgan fingerprint density at radius 2 is 1.96 bits per heavy atom. The normalized spacial score (nSPS) is 11.8. The van der Waals surface area contributed by atoms with E-state index in [0.29, 0.717) is 33.9 Å². The molecule has 0 aliphatic rings. The molecule has 0 aliphatic heterocycles. The van der Waals surface area contributed by atoms with Gasteiger partial charge in [0.2, 0.25) is 5.95 Å². The first kappa shape index (κ1) is 17.9. The van der Waals surface area contributed by atoms with Crippen molar-refractivity contribution in [1.29, 1.82) is 0 Å². The van der Waals surface area contributed by atoms with E-state index in [1.54, 1.807) is 18.3 Å². The number of phenols is 1. The van der Waals surface area contributed by atoms with Gasteiger partial charge in [0.05, 0.1) is 28.7 Å². The van der Waals surface area contributed by atoms with Gasteiger partial charge < -0.3 is 20.8 Å². The van der Waals surface area contributed by atoms with Crippen LogP contribution in [0.3, 0.4) is 0 Å². The molecule has 8 heteroatoms. The second-order valence-electron chi connectivity index (χ2n) is 5.69. The Balaban J connectivity index is 1.98. The maximum absolute atomic E-state index is 9.49. The van der Waals surface area contributed by atoms with E-state index in [-0.39, 0.29) is 18.4 Å². The molecule has 0 unspecified atom stereocenters. The van der Waals surface area contributed by atoms with E-state index < -0.39 is 0 Å². The standard InChI is InChI=1S/C18H18ClN5O2/c1-11(10-25)21-18-23-16(15-4-2-3-7-20-15)9-17(24-18)22-14-6-5-12(26)8-13(14)19/h2-9,11,25-26H,10H2,1H3,(H2,21,22,23,24)/t11-/m0/s1. The zero-order valence-electron chi connectivity index (χ0n) is 14.0. The van der Waals surface area contributed by atoms with Crippen molar-refractivity contribution in [2.75, 3.05) is 17.2 Å². The Morgan fingerprint density at radius 3 is 2.65 bits per heavy atom. The minimum Gasteiger partial charge on any atom is -0.508 e. The number of anilines is 3. The van der Waals surface area contributed by atoms with E-state index in [1.165, 1.54) is 12.1 Å². The first-order chi connectivity index (χ1) is 12.5. The fraction of sp³-hybridized carbons (Fsp3) is 0.167. The largest absolute Gasteiger partial charge is 0.508 e. The number of nitrogens with zero attached hydrogens (tertiary/aromatic N) is 3. The number of nitrogens with one attached hydrogen (secondary N) is 2. The first-order valence-corrected chi connectivity index (χ1v) is 8.36. The molecule has 4 N–H and O–H groups in total. The molecule has 0 saturated heterocycles. The third-order valence-corrected chi connectivity index (χ3v) is 3.83. The lowest BCUT2D eigenvalue weighted by molar-refractivity contribution is 0.281. The van der Waals surface area contributed by atoms with Gasteiger partial charge in [-0.25, -0.2) is 4.98 Å². The highest BCUT2D eigenvalue weighted by molar-refractivity contribution is 6.33. The van der Waals surface area contributed by atoms with Gasteiger partial charge in [-0.15, -0.1) is 0 Å². The molecular formula is C18H18ClN5O2. The van der Waals surface area contributed by atoms with Crippen LogP contribution in [0.15, 0.2) is 48.7 Å². The van der Waals surface area contributed by atoms with Crippen LogP contribution in [-0.2, 0) is 0 Å². The number of aromatic hydroxyl groups is 1. The van der Waals surface area contributed by atoms with Gasteiger partial charge in [0.1, 0.15) is 11.6 Å². The first-order valence-electron chi connectivity index (χ1n) is 7.98. The van der Waals surface area contributed by atoms with Gasteiger partial charge in [0.25, 0.3) is 0 Å². The zero-order valence-corrected chi connectivity index (χ0v) is 14.8. The lowest BCUT2D eigenvalue weighted by atomic mass is 10.2. The van der Waals surface area contributed by atoms with Crippen LogP contribution >= 0.6 is 11.6 Å². The second kappa shape index (κ2) is 7.99. The summed E-state index contributed by atoms with van der Waals surface area (Å²) in [6, 6.07) is 11.7. The lowest BCUT2D eigenvalue weighted by Gasteiger charge is -2.14. The van der Waals surface area contributed by atoms with Crippen LogP contribution in [0.25, 0.3) is 11.4 Å². The maximum Gasteiger partial charge on any atom is 0.225 e. The summed E-state index contributed by atoms with van der Waals surface area (Å²) in [6.07, 6.45) is 1.69. The average molecular weight is 372 g/mol. The van der Waals surface area contributed by atoms with E-state index >= 15 is 0 Å². The highest BCUT2D eigenvalue weighted by atomic mass is 35.5. The zero-order chi connectivity index (χ0) is 18.5. The molecule has 134 valence electrons. The molecule has 1 aromatic carbocycles. The van der Waals surface area contributed by atoms with Crippen LogP contribution in [0.5, 0.6) is 5.75 Å². The van der Waals surface area contributed by atoms with Crippen molar-refractivity contribution in [2.24, 2.45) is 0 Å². The number of halogens is 1. The van der Waals surface area contributed by atoms with Crippen LogP contribution in [0.1, 0.15) is 6.92 Å². The van der Waals surface area contributed by atoms with Crippen LogP contribution in [0, 0.1) is 0 Å². The molecule has 26 heavy (non-hydrogen) atoms. The molecule has 0 radical (unpaired) electrons. The van der Waals surface area contributed by atoms with Gasteiger partial charge in [-0.3, -0.25) is 4.98 Å². The number of hydrogen-bond donors (Lipinski definition) is 4. The summed E-state index contributed by atoms with van der Waals surface area (Å²) >= 11 is 6.16. The van der Waals surface area contributed by atoms with E-state index in [0.717, 1.165) is 0 Å². The highest BCUT2D eigenvalue weighted by Gasteiger charge is 2.11. The molecule has 2 heterocycles. The summed E-state index contributed by atoms with van der Waals surface area (Å²) < 4.78 is 0. The molecule has 1 atom stereocenters. The van der Waals surface area contributed by atoms with Crippen molar-refractivity contribution in [3.05, 3.63) is 53.7 Å². The summed E-state index contributed by atoms with van der Waals surface area (Å²) in [4.78, 5) is 13.2. The Hall–Kier alpha value is -2.90. The highest BCUT2D eigenvalue weighted by Crippen LogP contribution is 2.29. The van der Waals surface area contributed by atoms with E-state index in [2.05, 4.69) is 25.6 Å². The predicted octanol–water partition coefficient (Wildman–Crippen LogP) is 3.43. The molecule has 7 nitrogen and oxygen atoms in total. The Morgan fingerprint density at radius 1 is 1.12 bits per heavy atom. The van der Waals surface area contributed by atoms with Crippen molar-refractivity contribution < 1.29 is 10.2 Å². The monoisotopic (exact) mass is 371 g/mol. The van der Waals surface area contributed by atoms with Gasteiger partial charge in [0, 0.05) is 24.4 Å². The van der Waals surface area contributed by atoms with Gasteiger partial charge in [-0.1, -0.05) is 17.7 Å². The Bertz CT molecular complexity index is 892. The molecule has 0 bridgehead atoms. The third kappa shape index (κ3) is 4.38. The van der Waals surface area contributed by atoms with E-state index in [4.69, 9.17) is 11.6 Å². The van der Waals surface area contributed by atoms with Crippen molar-refractivity contribution in [3.63, 3.8) is 0 Å². The number of hydrogen-bond acceptors (Lipinski definition) is 7. The number of aromatic nitrogens is 3. The van der Waals surface area contributed by atoms with E-state index in [1.807, 2.05) is 25.1 Å². The minimum absolute atomic E-state index is 0.0519. The Labute approximate surface area is 155 Å². The molecular weight excluding hydrogens is 354 g/mol. The molecule has 0 spiro atoms. The number of benzene rings is 1. The molecule has 0 saturated carbocycles. The molecule has 0 fully saturated rings. The number of pyridine rings is 1. The average Bonchev–Trinajstić information content (AvgIpc) is 2.64. The summed E-state index contributed by atoms with van der Waals surface area (Å²) in [5.41, 5.74) is 1.90. The van der Waals surface area contributed by atoms with Crippen LogP contribution < -0.4 is 10.6 Å². The van der Waals surface area contributed by atoms with Crippen molar-refractivity contribution >= 4 is 29.1 Å². The van der Waals surface area contributed by atoms with E-state index in [9.17, 15) is 10.2 Å². The number of rotatable bonds is 6. The van der Waals surface area contributed by atoms with Gasteiger partial charge in [-0.05, 0) is 31.2 Å². The summed E-state index contributed by atoms with van der Waals surface area (Å²) in [6.45, 7) is 1.77. The van der Waals surface area contributed by atoms with Crippen molar-refractivity contribution in [3.8, 4) is 17.1 Å². The second-order valence-corrected chi connectivity index (χ2v) is 6.10.